The monoisotopic (exact) mass is 377 g/mol. The van der Waals surface area contributed by atoms with E-state index in [1.165, 1.54) is 12.1 Å². The van der Waals surface area contributed by atoms with E-state index in [0.29, 0.717) is 22.2 Å². The molecule has 0 aliphatic heterocycles. The van der Waals surface area contributed by atoms with Crippen molar-refractivity contribution in [3.8, 4) is 16.9 Å². The lowest BCUT2D eigenvalue weighted by Crippen LogP contribution is -2.06. The first-order chi connectivity index (χ1) is 12.0. The standard InChI is InChI=1S/C19H14Cl2FNO2/c20-13-3-8-18(16(21)11-13)23-15(7-10-19(24)25)6-9-17(23)12-1-4-14(22)5-2-12/h1-6,8-9,11H,7,10H2,(H,24,25). The lowest BCUT2D eigenvalue weighted by atomic mass is 10.1. The van der Waals surface area contributed by atoms with E-state index in [-0.39, 0.29) is 12.2 Å². The molecule has 1 heterocycles. The third-order valence-electron chi connectivity index (χ3n) is 3.85. The number of halogens is 3. The van der Waals surface area contributed by atoms with Crippen molar-refractivity contribution in [1.82, 2.24) is 4.57 Å². The molecular weight excluding hydrogens is 364 g/mol. The van der Waals surface area contributed by atoms with Gasteiger partial charge >= 0.3 is 5.97 Å². The Bertz CT molecular complexity index is 920. The number of carboxylic acids is 1. The third kappa shape index (κ3) is 3.86. The highest BCUT2D eigenvalue weighted by Crippen LogP contribution is 2.32. The van der Waals surface area contributed by atoms with Crippen LogP contribution in [0, 0.1) is 5.82 Å². The summed E-state index contributed by atoms with van der Waals surface area (Å²) < 4.78 is 15.1. The fourth-order valence-electron chi connectivity index (χ4n) is 2.70. The second-order valence-electron chi connectivity index (χ2n) is 5.54. The van der Waals surface area contributed by atoms with Gasteiger partial charge in [-0.1, -0.05) is 23.2 Å². The molecule has 3 rings (SSSR count). The summed E-state index contributed by atoms with van der Waals surface area (Å²) in [6.45, 7) is 0. The van der Waals surface area contributed by atoms with Crippen molar-refractivity contribution in [2.45, 2.75) is 12.8 Å². The Kier molecular flexibility index (Phi) is 5.11. The molecule has 0 radical (unpaired) electrons. The highest BCUT2D eigenvalue weighted by atomic mass is 35.5. The maximum absolute atomic E-state index is 13.2. The van der Waals surface area contributed by atoms with Crippen LogP contribution in [0.5, 0.6) is 0 Å². The molecule has 0 unspecified atom stereocenters. The summed E-state index contributed by atoms with van der Waals surface area (Å²) in [7, 11) is 0. The van der Waals surface area contributed by atoms with Crippen LogP contribution in [0.25, 0.3) is 16.9 Å². The normalized spacial score (nSPS) is 10.8. The topological polar surface area (TPSA) is 42.2 Å². The molecule has 0 saturated heterocycles. The first-order valence-corrected chi connectivity index (χ1v) is 8.35. The van der Waals surface area contributed by atoms with E-state index in [1.807, 2.05) is 16.7 Å². The van der Waals surface area contributed by atoms with Crippen molar-refractivity contribution >= 4 is 29.2 Å². The zero-order valence-electron chi connectivity index (χ0n) is 13.0. The fourth-order valence-corrected chi connectivity index (χ4v) is 3.20. The van der Waals surface area contributed by atoms with Gasteiger partial charge in [0, 0.05) is 10.7 Å². The van der Waals surface area contributed by atoms with Crippen LogP contribution in [0.3, 0.4) is 0 Å². The van der Waals surface area contributed by atoms with E-state index in [1.54, 1.807) is 30.3 Å². The van der Waals surface area contributed by atoms with Crippen LogP contribution < -0.4 is 0 Å². The van der Waals surface area contributed by atoms with Gasteiger partial charge in [-0.05, 0) is 66.6 Å². The van der Waals surface area contributed by atoms with Crippen molar-refractivity contribution in [3.05, 3.63) is 76.2 Å². The second-order valence-corrected chi connectivity index (χ2v) is 6.39. The first-order valence-electron chi connectivity index (χ1n) is 7.59. The molecule has 3 aromatic rings. The number of carbonyl (C=O) groups is 1. The summed E-state index contributed by atoms with van der Waals surface area (Å²) >= 11 is 12.3. The van der Waals surface area contributed by atoms with E-state index in [2.05, 4.69) is 0 Å². The van der Waals surface area contributed by atoms with Crippen LogP contribution >= 0.6 is 23.2 Å². The molecule has 0 amide bonds. The van der Waals surface area contributed by atoms with Crippen LogP contribution in [-0.4, -0.2) is 15.6 Å². The zero-order chi connectivity index (χ0) is 18.0. The molecule has 0 aliphatic carbocycles. The number of benzene rings is 2. The van der Waals surface area contributed by atoms with Crippen molar-refractivity contribution in [2.75, 3.05) is 0 Å². The van der Waals surface area contributed by atoms with Crippen LogP contribution in [0.1, 0.15) is 12.1 Å². The molecule has 1 N–H and O–H groups in total. The molecule has 0 saturated carbocycles. The number of rotatable bonds is 5. The average Bonchev–Trinajstić information content (AvgIpc) is 2.97. The Hall–Kier alpha value is -2.30. The van der Waals surface area contributed by atoms with E-state index < -0.39 is 5.97 Å². The van der Waals surface area contributed by atoms with Crippen LogP contribution in [0.4, 0.5) is 4.39 Å². The lowest BCUT2D eigenvalue weighted by Gasteiger charge is -2.15. The first kappa shape index (κ1) is 17.5. The minimum absolute atomic E-state index is 0.00190. The van der Waals surface area contributed by atoms with Gasteiger partial charge in [0.25, 0.3) is 0 Å². The Labute approximate surface area is 154 Å². The fraction of sp³-hybridized carbons (Fsp3) is 0.105. The summed E-state index contributed by atoms with van der Waals surface area (Å²) in [5.74, 6) is -1.20. The minimum Gasteiger partial charge on any atom is -0.481 e. The Morgan fingerprint density at radius 3 is 2.40 bits per heavy atom. The largest absolute Gasteiger partial charge is 0.481 e. The molecule has 2 aromatic carbocycles. The van der Waals surface area contributed by atoms with Crippen LogP contribution in [0.2, 0.25) is 10.0 Å². The molecule has 0 aliphatic rings. The van der Waals surface area contributed by atoms with Gasteiger partial charge in [-0.3, -0.25) is 4.79 Å². The predicted octanol–water partition coefficient (Wildman–Crippen LogP) is 5.61. The van der Waals surface area contributed by atoms with E-state index in [4.69, 9.17) is 28.3 Å². The van der Waals surface area contributed by atoms with Crippen LogP contribution in [0.15, 0.2) is 54.6 Å². The third-order valence-corrected chi connectivity index (χ3v) is 4.39. The number of carboxylic acid groups (broad SMARTS) is 1. The molecule has 0 spiro atoms. The quantitative estimate of drug-likeness (QED) is 0.627. The Morgan fingerprint density at radius 2 is 1.76 bits per heavy atom. The summed E-state index contributed by atoms with van der Waals surface area (Å²) in [4.78, 5) is 11.0. The summed E-state index contributed by atoms with van der Waals surface area (Å²) in [5.41, 5.74) is 3.08. The molecule has 0 atom stereocenters. The molecule has 128 valence electrons. The molecule has 0 fully saturated rings. The maximum atomic E-state index is 13.2. The molecule has 1 aromatic heterocycles. The van der Waals surface area contributed by atoms with E-state index in [9.17, 15) is 9.18 Å². The van der Waals surface area contributed by atoms with Gasteiger partial charge in [0.1, 0.15) is 5.82 Å². The van der Waals surface area contributed by atoms with E-state index in [0.717, 1.165) is 17.0 Å². The number of aromatic nitrogens is 1. The molecule has 0 bridgehead atoms. The molecule has 25 heavy (non-hydrogen) atoms. The number of nitrogens with zero attached hydrogens (tertiary/aromatic N) is 1. The smallest absolute Gasteiger partial charge is 0.303 e. The van der Waals surface area contributed by atoms with Gasteiger partial charge in [0.2, 0.25) is 0 Å². The minimum atomic E-state index is -0.877. The zero-order valence-corrected chi connectivity index (χ0v) is 14.6. The van der Waals surface area contributed by atoms with Gasteiger partial charge in [0.05, 0.1) is 22.8 Å². The summed E-state index contributed by atoms with van der Waals surface area (Å²) in [5, 5.41) is 9.95. The SMILES string of the molecule is O=C(O)CCc1ccc(-c2ccc(F)cc2)n1-c1ccc(Cl)cc1Cl. The number of aryl methyl sites for hydroxylation is 1. The number of hydrogen-bond acceptors (Lipinski definition) is 1. The average molecular weight is 378 g/mol. The van der Waals surface area contributed by atoms with Gasteiger partial charge in [-0.15, -0.1) is 0 Å². The molecule has 6 heteroatoms. The van der Waals surface area contributed by atoms with Gasteiger partial charge in [-0.25, -0.2) is 4.39 Å². The van der Waals surface area contributed by atoms with Crippen LogP contribution in [-0.2, 0) is 11.2 Å². The van der Waals surface area contributed by atoms with Crippen molar-refractivity contribution in [2.24, 2.45) is 0 Å². The maximum Gasteiger partial charge on any atom is 0.303 e. The van der Waals surface area contributed by atoms with Crippen molar-refractivity contribution in [3.63, 3.8) is 0 Å². The molecular formula is C19H14Cl2FNO2. The number of hydrogen-bond donors (Lipinski definition) is 1. The number of aliphatic carboxylic acids is 1. The summed E-state index contributed by atoms with van der Waals surface area (Å²) in [6.07, 6.45) is 0.341. The lowest BCUT2D eigenvalue weighted by molar-refractivity contribution is -0.136. The van der Waals surface area contributed by atoms with Crippen molar-refractivity contribution < 1.29 is 14.3 Å². The highest BCUT2D eigenvalue weighted by Gasteiger charge is 2.15. The Morgan fingerprint density at radius 1 is 1.04 bits per heavy atom. The van der Waals surface area contributed by atoms with Gasteiger partial charge in [-0.2, -0.15) is 0 Å². The molecule has 3 nitrogen and oxygen atoms in total. The highest BCUT2D eigenvalue weighted by molar-refractivity contribution is 6.35. The summed E-state index contributed by atoms with van der Waals surface area (Å²) in [6, 6.07) is 15.0. The van der Waals surface area contributed by atoms with Crippen molar-refractivity contribution in [1.29, 1.82) is 0 Å². The predicted molar refractivity (Wildman–Crippen MR) is 97.1 cm³/mol. The second kappa shape index (κ2) is 7.30. The van der Waals surface area contributed by atoms with Gasteiger partial charge in [0.15, 0.2) is 0 Å². The van der Waals surface area contributed by atoms with E-state index >= 15 is 0 Å². The Balaban J connectivity index is 2.15. The van der Waals surface area contributed by atoms with Gasteiger partial charge < -0.3 is 9.67 Å².